The van der Waals surface area contributed by atoms with Gasteiger partial charge in [0.2, 0.25) is 6.29 Å². The van der Waals surface area contributed by atoms with Crippen molar-refractivity contribution >= 4 is 48.6 Å². The average molecular weight is 433 g/mol. The van der Waals surface area contributed by atoms with Crippen molar-refractivity contribution < 1.29 is 14.4 Å². The van der Waals surface area contributed by atoms with Crippen molar-refractivity contribution in [2.75, 3.05) is 0 Å². The lowest BCUT2D eigenvalue weighted by molar-refractivity contribution is -0.131. The van der Waals surface area contributed by atoms with Gasteiger partial charge in [0.1, 0.15) is 0 Å². The van der Waals surface area contributed by atoms with Gasteiger partial charge in [0.05, 0.1) is 5.54 Å². The summed E-state index contributed by atoms with van der Waals surface area (Å²) < 4.78 is 0.970. The van der Waals surface area contributed by atoms with Crippen molar-refractivity contribution in [2.24, 2.45) is 0 Å². The topological polar surface area (TPSA) is 75.3 Å². The zero-order chi connectivity index (χ0) is 18.7. The highest BCUT2D eigenvalue weighted by atomic mass is 79.9. The molecule has 2 amide bonds. The van der Waals surface area contributed by atoms with E-state index in [1.54, 1.807) is 24.3 Å². The van der Waals surface area contributed by atoms with Crippen LogP contribution >= 0.6 is 25.2 Å². The van der Waals surface area contributed by atoms with Crippen LogP contribution in [0.5, 0.6) is 0 Å². The van der Waals surface area contributed by atoms with Crippen molar-refractivity contribution in [3.8, 4) is 0 Å². The van der Waals surface area contributed by atoms with Crippen LogP contribution in [0.4, 0.5) is 0 Å². The second kappa shape index (κ2) is 7.68. The highest BCUT2D eigenvalue weighted by Crippen LogP contribution is 2.46. The van der Waals surface area contributed by atoms with Gasteiger partial charge < -0.3 is 10.6 Å². The van der Waals surface area contributed by atoms with E-state index in [2.05, 4.69) is 41.9 Å². The molecule has 0 bridgehead atoms. The summed E-state index contributed by atoms with van der Waals surface area (Å²) >= 11 is 3.50. The number of carbonyl (C=O) groups excluding carboxylic acids is 3. The van der Waals surface area contributed by atoms with Gasteiger partial charge in [-0.1, -0.05) is 34.1 Å². The highest BCUT2D eigenvalue weighted by Gasteiger charge is 2.46. The minimum Gasteiger partial charge on any atom is -0.346 e. The molecule has 1 fully saturated rings. The molecule has 26 heavy (non-hydrogen) atoms. The number of benzene rings is 2. The standard InChI is InChI=1S/C19H18BrN2O3P/c20-14-7-13(8-15(26)9-14)19(5-6-19)22-18(25)16-4-2-1-3-12(16)10-21-17(24)11-23/h1-4,7-9,11H,5-6,10,26H2,(H,21,24)(H,22,25). The minimum absolute atomic E-state index is 0.126. The van der Waals surface area contributed by atoms with Crippen LogP contribution in [-0.2, 0) is 21.7 Å². The van der Waals surface area contributed by atoms with E-state index in [-0.39, 0.29) is 24.3 Å². The van der Waals surface area contributed by atoms with Crippen LogP contribution in [0.2, 0.25) is 0 Å². The third kappa shape index (κ3) is 4.19. The van der Waals surface area contributed by atoms with Crippen LogP contribution in [0.1, 0.15) is 34.3 Å². The molecule has 0 heterocycles. The molecule has 1 aliphatic carbocycles. The van der Waals surface area contributed by atoms with Gasteiger partial charge in [-0.25, -0.2) is 0 Å². The quantitative estimate of drug-likeness (QED) is 0.417. The molecule has 7 heteroatoms. The van der Waals surface area contributed by atoms with Gasteiger partial charge in [-0.05, 0) is 53.5 Å². The second-order valence-corrected chi connectivity index (χ2v) is 7.88. The third-order valence-corrected chi connectivity index (χ3v) is 5.19. The Balaban J connectivity index is 1.80. The van der Waals surface area contributed by atoms with E-state index in [1.165, 1.54) is 0 Å². The zero-order valence-electron chi connectivity index (χ0n) is 13.9. The van der Waals surface area contributed by atoms with Crippen molar-refractivity contribution in [3.05, 3.63) is 63.6 Å². The normalized spacial score (nSPS) is 14.4. The maximum Gasteiger partial charge on any atom is 0.284 e. The Labute approximate surface area is 162 Å². The number of amides is 2. The molecule has 5 nitrogen and oxygen atoms in total. The van der Waals surface area contributed by atoms with E-state index in [9.17, 15) is 14.4 Å². The lowest BCUT2D eigenvalue weighted by Gasteiger charge is -2.20. The first kappa shape index (κ1) is 18.7. The molecule has 1 aliphatic rings. The monoisotopic (exact) mass is 432 g/mol. The molecule has 0 spiro atoms. The molecule has 0 aliphatic heterocycles. The lowest BCUT2D eigenvalue weighted by Crippen LogP contribution is -2.36. The van der Waals surface area contributed by atoms with Crippen molar-refractivity contribution in [3.63, 3.8) is 0 Å². The van der Waals surface area contributed by atoms with Gasteiger partial charge in [0.25, 0.3) is 11.8 Å². The number of aldehydes is 1. The molecule has 134 valence electrons. The van der Waals surface area contributed by atoms with Gasteiger partial charge in [-0.2, -0.15) is 0 Å². The summed E-state index contributed by atoms with van der Waals surface area (Å²) in [5, 5.41) is 6.67. The third-order valence-electron chi connectivity index (χ3n) is 4.40. The molecule has 0 aromatic heterocycles. The summed E-state index contributed by atoms with van der Waals surface area (Å²) in [4.78, 5) is 34.5. The SMILES string of the molecule is O=CC(=O)NCc1ccccc1C(=O)NC1(c2cc(P)cc(Br)c2)CC1. The van der Waals surface area contributed by atoms with E-state index in [1.807, 2.05) is 12.1 Å². The molecule has 0 saturated heterocycles. The van der Waals surface area contributed by atoms with Crippen LogP contribution in [0.3, 0.4) is 0 Å². The first-order valence-corrected chi connectivity index (χ1v) is 9.50. The lowest BCUT2D eigenvalue weighted by atomic mass is 10.0. The molecule has 3 rings (SSSR count). The van der Waals surface area contributed by atoms with E-state index in [0.29, 0.717) is 11.1 Å². The molecule has 2 aromatic rings. The van der Waals surface area contributed by atoms with Crippen LogP contribution in [0, 0.1) is 0 Å². The number of carbonyl (C=O) groups is 3. The largest absolute Gasteiger partial charge is 0.346 e. The first-order chi connectivity index (χ1) is 12.4. The number of halogens is 1. The summed E-state index contributed by atoms with van der Waals surface area (Å²) in [6.07, 6.45) is 1.97. The average Bonchev–Trinajstić information content (AvgIpc) is 3.39. The minimum atomic E-state index is -0.707. The summed E-state index contributed by atoms with van der Waals surface area (Å²) in [5.41, 5.74) is 1.87. The van der Waals surface area contributed by atoms with Gasteiger partial charge in [-0.3, -0.25) is 14.4 Å². The molecule has 2 aromatic carbocycles. The summed E-state index contributed by atoms with van der Waals surface area (Å²) in [5.74, 6) is -0.898. The fourth-order valence-electron chi connectivity index (χ4n) is 2.90. The Kier molecular flexibility index (Phi) is 5.54. The first-order valence-electron chi connectivity index (χ1n) is 8.13. The van der Waals surface area contributed by atoms with Gasteiger partial charge in [-0.15, -0.1) is 9.24 Å². The number of nitrogens with one attached hydrogen (secondary N) is 2. The second-order valence-electron chi connectivity index (χ2n) is 6.30. The molecule has 1 atom stereocenters. The van der Waals surface area contributed by atoms with Gasteiger partial charge in [0, 0.05) is 16.6 Å². The molecule has 1 unspecified atom stereocenters. The highest BCUT2D eigenvalue weighted by molar-refractivity contribution is 9.10. The summed E-state index contributed by atoms with van der Waals surface area (Å²) in [7, 11) is 2.67. The Morgan fingerprint density at radius 2 is 1.92 bits per heavy atom. The molecule has 0 radical (unpaired) electrons. The summed E-state index contributed by atoms with van der Waals surface area (Å²) in [6.45, 7) is 0.126. The molecular formula is C19H18BrN2O3P. The number of rotatable bonds is 6. The predicted octanol–water partition coefficient (Wildman–Crippen LogP) is 2.18. The van der Waals surface area contributed by atoms with Gasteiger partial charge >= 0.3 is 0 Å². The van der Waals surface area contributed by atoms with Crippen molar-refractivity contribution in [1.29, 1.82) is 0 Å². The Bertz CT molecular complexity index is 861. The van der Waals surface area contributed by atoms with E-state index in [0.717, 1.165) is 28.2 Å². The van der Waals surface area contributed by atoms with Crippen LogP contribution in [-0.4, -0.2) is 18.1 Å². The predicted molar refractivity (Wildman–Crippen MR) is 106 cm³/mol. The molecular weight excluding hydrogens is 415 g/mol. The van der Waals surface area contributed by atoms with E-state index >= 15 is 0 Å². The Morgan fingerprint density at radius 3 is 2.58 bits per heavy atom. The molecule has 1 saturated carbocycles. The molecule has 2 N–H and O–H groups in total. The smallest absolute Gasteiger partial charge is 0.284 e. The van der Waals surface area contributed by atoms with Crippen LogP contribution in [0.25, 0.3) is 0 Å². The Morgan fingerprint density at radius 1 is 1.19 bits per heavy atom. The Hall–Kier alpha value is -2.04. The van der Waals surface area contributed by atoms with Crippen LogP contribution < -0.4 is 15.9 Å². The zero-order valence-corrected chi connectivity index (χ0v) is 16.7. The van der Waals surface area contributed by atoms with E-state index in [4.69, 9.17) is 0 Å². The van der Waals surface area contributed by atoms with Crippen molar-refractivity contribution in [2.45, 2.75) is 24.9 Å². The fourth-order valence-corrected chi connectivity index (χ4v) is 4.02. The number of hydrogen-bond acceptors (Lipinski definition) is 3. The maximum absolute atomic E-state index is 12.9. The maximum atomic E-state index is 12.9. The van der Waals surface area contributed by atoms with Crippen molar-refractivity contribution in [1.82, 2.24) is 10.6 Å². The fraction of sp³-hybridized carbons (Fsp3) is 0.211. The number of hydrogen-bond donors (Lipinski definition) is 2. The summed E-state index contributed by atoms with van der Waals surface area (Å²) in [6, 6.07) is 13.1. The van der Waals surface area contributed by atoms with E-state index < -0.39 is 5.91 Å². The van der Waals surface area contributed by atoms with Crippen LogP contribution in [0.15, 0.2) is 46.9 Å². The van der Waals surface area contributed by atoms with Gasteiger partial charge in [0.15, 0.2) is 0 Å².